The Kier molecular flexibility index (Phi) is 8.43. The van der Waals surface area contributed by atoms with Crippen LogP contribution in [-0.2, 0) is 5.41 Å². The van der Waals surface area contributed by atoms with Gasteiger partial charge in [-0.15, -0.1) is 0 Å². The number of hydrogen-bond acceptors (Lipinski definition) is 2. The third kappa shape index (κ3) is 5.68. The van der Waals surface area contributed by atoms with Gasteiger partial charge in [-0.2, -0.15) is 0 Å². The standard InChI is InChI=1S/C60H39NO/c1-5-18-40(19-6-1)44-36-56(42-20-7-2-8-21-42)61-57(37-44)43-34-32-41(33-35-43)51-39-55-53(38-52(51)50-29-17-28-49-48-27-14-16-31-58(48)62-59(49)50)47-26-13-15-30-54(47)60(55,45-22-9-3-10-23-45)46-24-11-4-12-25-46/h1-39H. The minimum atomic E-state index is -0.539. The van der Waals surface area contributed by atoms with Crippen molar-refractivity contribution in [1.29, 1.82) is 0 Å². The number of hydrogen-bond donors (Lipinski definition) is 0. The third-order valence-corrected chi connectivity index (χ3v) is 12.8. The molecule has 2 heteroatoms. The molecule has 2 aromatic heterocycles. The molecule has 0 spiro atoms. The highest BCUT2D eigenvalue weighted by atomic mass is 16.3. The predicted octanol–water partition coefficient (Wildman–Crippen LogP) is 15.7. The second kappa shape index (κ2) is 14.6. The molecule has 9 aromatic carbocycles. The third-order valence-electron chi connectivity index (χ3n) is 12.8. The van der Waals surface area contributed by atoms with E-state index in [0.29, 0.717) is 0 Å². The Morgan fingerprint density at radius 3 is 1.53 bits per heavy atom. The molecule has 0 aliphatic heterocycles. The number of pyridine rings is 1. The summed E-state index contributed by atoms with van der Waals surface area (Å²) in [7, 11) is 0. The lowest BCUT2D eigenvalue weighted by atomic mass is 9.67. The van der Waals surface area contributed by atoms with E-state index in [-0.39, 0.29) is 0 Å². The zero-order chi connectivity index (χ0) is 41.0. The van der Waals surface area contributed by atoms with E-state index in [1.165, 1.54) is 33.4 Å². The molecule has 12 rings (SSSR count). The molecule has 0 amide bonds. The van der Waals surface area contributed by atoms with E-state index in [1.54, 1.807) is 0 Å². The van der Waals surface area contributed by atoms with Crippen molar-refractivity contribution in [1.82, 2.24) is 4.98 Å². The van der Waals surface area contributed by atoms with Crippen LogP contribution in [0, 0.1) is 0 Å². The first-order valence-electron chi connectivity index (χ1n) is 21.3. The highest BCUT2D eigenvalue weighted by molar-refractivity contribution is 6.11. The number of furan rings is 1. The van der Waals surface area contributed by atoms with Crippen molar-refractivity contribution in [3.05, 3.63) is 259 Å². The van der Waals surface area contributed by atoms with Crippen molar-refractivity contribution in [2.24, 2.45) is 0 Å². The molecule has 0 N–H and O–H groups in total. The molecule has 0 unspecified atom stereocenters. The van der Waals surface area contributed by atoms with Crippen molar-refractivity contribution < 1.29 is 4.42 Å². The quantitative estimate of drug-likeness (QED) is 0.161. The molecule has 290 valence electrons. The molecule has 1 aliphatic rings. The van der Waals surface area contributed by atoms with Crippen LogP contribution in [0.3, 0.4) is 0 Å². The fourth-order valence-electron chi connectivity index (χ4n) is 9.96. The average molecular weight is 790 g/mol. The van der Waals surface area contributed by atoms with Gasteiger partial charge in [-0.1, -0.05) is 206 Å². The lowest BCUT2D eigenvalue weighted by Gasteiger charge is -2.34. The van der Waals surface area contributed by atoms with Gasteiger partial charge in [-0.25, -0.2) is 4.98 Å². The van der Waals surface area contributed by atoms with Gasteiger partial charge in [0.05, 0.1) is 16.8 Å². The van der Waals surface area contributed by atoms with Crippen LogP contribution in [0.25, 0.3) is 89.0 Å². The first-order chi connectivity index (χ1) is 30.7. The maximum absolute atomic E-state index is 6.76. The van der Waals surface area contributed by atoms with E-state index < -0.39 is 5.41 Å². The molecular weight excluding hydrogens is 751 g/mol. The van der Waals surface area contributed by atoms with Crippen LogP contribution in [-0.4, -0.2) is 4.98 Å². The van der Waals surface area contributed by atoms with Gasteiger partial charge in [0.1, 0.15) is 11.2 Å². The molecule has 2 nitrogen and oxygen atoms in total. The maximum atomic E-state index is 6.76. The van der Waals surface area contributed by atoms with Gasteiger partial charge in [0.25, 0.3) is 0 Å². The fourth-order valence-corrected chi connectivity index (χ4v) is 9.96. The molecule has 62 heavy (non-hydrogen) atoms. The molecular formula is C60H39NO. The summed E-state index contributed by atoms with van der Waals surface area (Å²) >= 11 is 0. The normalized spacial score (nSPS) is 12.6. The van der Waals surface area contributed by atoms with Crippen LogP contribution in [0.1, 0.15) is 22.3 Å². The van der Waals surface area contributed by atoms with Gasteiger partial charge >= 0.3 is 0 Å². The van der Waals surface area contributed by atoms with Gasteiger partial charge in [0, 0.05) is 27.5 Å². The molecule has 0 bridgehead atoms. The molecule has 0 radical (unpaired) electrons. The Labute approximate surface area is 361 Å². The second-order valence-electron chi connectivity index (χ2n) is 16.2. The Morgan fingerprint density at radius 2 is 0.839 bits per heavy atom. The number of para-hydroxylation sites is 2. The summed E-state index contributed by atoms with van der Waals surface area (Å²) in [6, 6.07) is 85.3. The van der Waals surface area contributed by atoms with Gasteiger partial charge in [0.2, 0.25) is 0 Å². The Balaban J connectivity index is 1.11. The summed E-state index contributed by atoms with van der Waals surface area (Å²) in [5.74, 6) is 0. The zero-order valence-corrected chi connectivity index (χ0v) is 33.9. The number of benzene rings is 9. The number of nitrogens with zero attached hydrogens (tertiary/aromatic N) is 1. The smallest absolute Gasteiger partial charge is 0.143 e. The molecule has 1 aliphatic carbocycles. The van der Waals surface area contributed by atoms with Crippen LogP contribution >= 0.6 is 0 Å². The largest absolute Gasteiger partial charge is 0.455 e. The number of fused-ring (bicyclic) bond motifs is 6. The Morgan fingerprint density at radius 1 is 0.306 bits per heavy atom. The topological polar surface area (TPSA) is 26.0 Å². The van der Waals surface area contributed by atoms with Gasteiger partial charge < -0.3 is 4.42 Å². The van der Waals surface area contributed by atoms with E-state index in [9.17, 15) is 0 Å². The molecule has 0 fully saturated rings. The van der Waals surface area contributed by atoms with Crippen LogP contribution in [0.5, 0.6) is 0 Å². The molecule has 0 atom stereocenters. The number of rotatable bonds is 7. The summed E-state index contributed by atoms with van der Waals surface area (Å²) in [4.78, 5) is 5.27. The highest BCUT2D eigenvalue weighted by Crippen LogP contribution is 2.58. The Hall–Kier alpha value is -8.07. The van der Waals surface area contributed by atoms with Crippen molar-refractivity contribution in [3.8, 4) is 67.0 Å². The minimum Gasteiger partial charge on any atom is -0.455 e. The van der Waals surface area contributed by atoms with E-state index >= 15 is 0 Å². The van der Waals surface area contributed by atoms with Crippen molar-refractivity contribution >= 4 is 21.9 Å². The lowest BCUT2D eigenvalue weighted by Crippen LogP contribution is -2.28. The van der Waals surface area contributed by atoms with E-state index in [1.807, 2.05) is 6.07 Å². The zero-order valence-electron chi connectivity index (χ0n) is 33.9. The van der Waals surface area contributed by atoms with Crippen LogP contribution in [0.2, 0.25) is 0 Å². The summed E-state index contributed by atoms with van der Waals surface area (Å²) < 4.78 is 6.76. The maximum Gasteiger partial charge on any atom is 0.143 e. The SMILES string of the molecule is c1ccc(-c2cc(-c3ccccc3)nc(-c3ccc(-c4cc5c(cc4-c4cccc6c4oc4ccccc46)-c4ccccc4C5(c4ccccc4)c4ccccc4)cc3)c2)cc1. The molecule has 0 saturated carbocycles. The van der Waals surface area contributed by atoms with E-state index in [0.717, 1.165) is 77.8 Å². The van der Waals surface area contributed by atoms with Gasteiger partial charge in [-0.3, -0.25) is 0 Å². The van der Waals surface area contributed by atoms with E-state index in [4.69, 9.17) is 9.40 Å². The van der Waals surface area contributed by atoms with Crippen LogP contribution in [0.4, 0.5) is 0 Å². The lowest BCUT2D eigenvalue weighted by molar-refractivity contribution is 0.670. The average Bonchev–Trinajstić information content (AvgIpc) is 3.88. The van der Waals surface area contributed by atoms with Gasteiger partial charge in [-0.05, 0) is 91.5 Å². The first-order valence-corrected chi connectivity index (χ1v) is 21.3. The summed E-state index contributed by atoms with van der Waals surface area (Å²) in [5.41, 5.74) is 19.5. The van der Waals surface area contributed by atoms with Gasteiger partial charge in [0.15, 0.2) is 0 Å². The minimum absolute atomic E-state index is 0.539. The van der Waals surface area contributed by atoms with Crippen LogP contribution in [0.15, 0.2) is 241 Å². The molecule has 0 saturated heterocycles. The summed E-state index contributed by atoms with van der Waals surface area (Å²) in [5, 5.41) is 2.23. The van der Waals surface area contributed by atoms with Crippen LogP contribution < -0.4 is 0 Å². The second-order valence-corrected chi connectivity index (χ2v) is 16.2. The van der Waals surface area contributed by atoms with Crippen molar-refractivity contribution in [2.75, 3.05) is 0 Å². The first kappa shape index (κ1) is 35.8. The number of aromatic nitrogens is 1. The van der Waals surface area contributed by atoms with E-state index in [2.05, 4.69) is 231 Å². The Bertz CT molecular complexity index is 3330. The highest BCUT2D eigenvalue weighted by Gasteiger charge is 2.46. The summed E-state index contributed by atoms with van der Waals surface area (Å²) in [6.07, 6.45) is 0. The fraction of sp³-hybridized carbons (Fsp3) is 0.0167. The monoisotopic (exact) mass is 789 g/mol. The predicted molar refractivity (Wildman–Crippen MR) is 256 cm³/mol. The summed E-state index contributed by atoms with van der Waals surface area (Å²) in [6.45, 7) is 0. The van der Waals surface area contributed by atoms with Crippen molar-refractivity contribution in [3.63, 3.8) is 0 Å². The molecule has 11 aromatic rings. The van der Waals surface area contributed by atoms with Crippen molar-refractivity contribution in [2.45, 2.75) is 5.41 Å². The molecule has 2 heterocycles.